The van der Waals surface area contributed by atoms with Crippen molar-refractivity contribution in [2.45, 2.75) is 85.2 Å². The summed E-state index contributed by atoms with van der Waals surface area (Å²) in [6.45, 7) is 8.39. The molecule has 1 aliphatic carbocycles. The van der Waals surface area contributed by atoms with Gasteiger partial charge in [-0.15, -0.1) is 11.6 Å². The van der Waals surface area contributed by atoms with Crippen LogP contribution in [0.15, 0.2) is 0 Å². The Morgan fingerprint density at radius 3 is 2.35 bits per heavy atom. The van der Waals surface area contributed by atoms with Gasteiger partial charge in [0.25, 0.3) is 0 Å². The predicted octanol–water partition coefficient (Wildman–Crippen LogP) is 4.63. The summed E-state index contributed by atoms with van der Waals surface area (Å²) >= 11 is 13.9. The zero-order valence-electron chi connectivity index (χ0n) is 12.6. The van der Waals surface area contributed by atoms with Gasteiger partial charge in [0.05, 0.1) is 17.3 Å². The van der Waals surface area contributed by atoms with Crippen LogP contribution in [0.5, 0.6) is 0 Å². The van der Waals surface area contributed by atoms with E-state index in [2.05, 4.69) is 59.6 Å². The van der Waals surface area contributed by atoms with Crippen LogP contribution in [-0.4, -0.2) is 36.9 Å². The van der Waals surface area contributed by atoms with Crippen molar-refractivity contribution in [3.63, 3.8) is 0 Å². The molecule has 0 amide bonds. The Labute approximate surface area is 144 Å². The van der Waals surface area contributed by atoms with Crippen LogP contribution in [0.2, 0.25) is 0 Å². The van der Waals surface area contributed by atoms with E-state index in [0.29, 0.717) is 5.92 Å². The lowest BCUT2D eigenvalue weighted by atomic mass is 9.69. The molecule has 118 valence electrons. The highest BCUT2D eigenvalue weighted by atomic mass is 79.9. The molecule has 0 aromatic heterocycles. The molecular formula is C15H25Br2ClO2. The first-order valence-electron chi connectivity index (χ1n) is 7.34. The quantitative estimate of drug-likeness (QED) is 0.612. The van der Waals surface area contributed by atoms with E-state index in [9.17, 15) is 5.11 Å². The van der Waals surface area contributed by atoms with Crippen molar-refractivity contribution >= 4 is 43.5 Å². The lowest BCUT2D eigenvalue weighted by Crippen LogP contribution is -2.62. The second-order valence-corrected chi connectivity index (χ2v) is 10.8. The Kier molecular flexibility index (Phi) is 4.96. The van der Waals surface area contributed by atoms with Gasteiger partial charge in [0, 0.05) is 14.5 Å². The van der Waals surface area contributed by atoms with Crippen LogP contribution in [-0.2, 0) is 4.74 Å². The summed E-state index contributed by atoms with van der Waals surface area (Å²) in [6.07, 6.45) is 3.18. The normalized spacial score (nSPS) is 52.8. The van der Waals surface area contributed by atoms with Gasteiger partial charge in [-0.3, -0.25) is 0 Å². The molecule has 20 heavy (non-hydrogen) atoms. The Morgan fingerprint density at radius 2 is 1.80 bits per heavy atom. The van der Waals surface area contributed by atoms with Gasteiger partial charge in [0.15, 0.2) is 0 Å². The lowest BCUT2D eigenvalue weighted by Gasteiger charge is -2.54. The molecular weight excluding hydrogens is 407 g/mol. The maximum atomic E-state index is 10.6. The van der Waals surface area contributed by atoms with E-state index < -0.39 is 11.7 Å². The van der Waals surface area contributed by atoms with Gasteiger partial charge < -0.3 is 9.84 Å². The summed E-state index contributed by atoms with van der Waals surface area (Å²) in [7, 11) is 0. The van der Waals surface area contributed by atoms with Crippen molar-refractivity contribution in [2.75, 3.05) is 0 Å². The van der Waals surface area contributed by atoms with Gasteiger partial charge in [-0.25, -0.2) is 0 Å². The molecule has 1 saturated heterocycles. The Morgan fingerprint density at radius 1 is 1.20 bits per heavy atom. The standard InChI is InChI=1S/C15H25Br2ClO2/c1-13(2)10(16)8-12(19)15(4,20-13)9-5-6-14(3,17)11(18)7-9/h9-12,19H,5-8H2,1-4H3/t9-,10+,11+,12+,14+,15+/m1/s1. The molecule has 2 aliphatic rings. The zero-order chi connectivity index (χ0) is 15.3. The SMILES string of the molecule is CC1(C)O[C@@](C)([C@@H]2CC[C@](C)(Br)[C@@H](Cl)C2)[C@@H](O)C[C@@H]1Br. The fourth-order valence-electron chi connectivity index (χ4n) is 3.52. The number of ether oxygens (including phenoxy) is 1. The summed E-state index contributed by atoms with van der Waals surface area (Å²) in [4.78, 5) is 0.176. The Hall–Kier alpha value is 1.17. The minimum Gasteiger partial charge on any atom is -0.390 e. The first-order chi connectivity index (χ1) is 8.99. The third-order valence-corrected chi connectivity index (χ3v) is 8.61. The fourth-order valence-corrected chi connectivity index (χ4v) is 4.70. The molecule has 6 atom stereocenters. The Balaban J connectivity index is 2.18. The van der Waals surface area contributed by atoms with Crippen LogP contribution >= 0.6 is 43.5 Å². The van der Waals surface area contributed by atoms with Crippen molar-refractivity contribution in [3.8, 4) is 0 Å². The molecule has 0 aromatic rings. The minimum absolute atomic E-state index is 0.00545. The molecule has 1 saturated carbocycles. The monoisotopic (exact) mass is 430 g/mol. The van der Waals surface area contributed by atoms with Crippen LogP contribution < -0.4 is 0 Å². The van der Waals surface area contributed by atoms with Crippen LogP contribution in [0.3, 0.4) is 0 Å². The average Bonchev–Trinajstić information content (AvgIpc) is 2.30. The summed E-state index contributed by atoms with van der Waals surface area (Å²) in [5.41, 5.74) is -0.782. The van der Waals surface area contributed by atoms with Crippen molar-refractivity contribution in [1.29, 1.82) is 0 Å². The number of hydrogen-bond donors (Lipinski definition) is 1. The Bertz CT molecular complexity index is 375. The van der Waals surface area contributed by atoms with Gasteiger partial charge in [-0.1, -0.05) is 31.9 Å². The molecule has 0 unspecified atom stereocenters. The summed E-state index contributed by atoms with van der Waals surface area (Å²) in [5.74, 6) is 0.296. The van der Waals surface area contributed by atoms with Gasteiger partial charge in [-0.2, -0.15) is 0 Å². The molecule has 1 heterocycles. The van der Waals surface area contributed by atoms with Crippen LogP contribution in [0.4, 0.5) is 0 Å². The number of alkyl halides is 3. The molecule has 2 nitrogen and oxygen atoms in total. The smallest absolute Gasteiger partial charge is 0.0948 e. The van der Waals surface area contributed by atoms with E-state index in [1.165, 1.54) is 0 Å². The largest absolute Gasteiger partial charge is 0.390 e. The number of aliphatic hydroxyl groups excluding tert-OH is 1. The maximum Gasteiger partial charge on any atom is 0.0948 e. The van der Waals surface area contributed by atoms with Gasteiger partial charge in [-0.05, 0) is 59.3 Å². The maximum absolute atomic E-state index is 10.6. The van der Waals surface area contributed by atoms with Gasteiger partial charge >= 0.3 is 0 Å². The molecule has 2 fully saturated rings. The van der Waals surface area contributed by atoms with Crippen molar-refractivity contribution < 1.29 is 9.84 Å². The number of halogens is 3. The highest BCUT2D eigenvalue weighted by Gasteiger charge is 2.54. The molecule has 0 bridgehead atoms. The summed E-state index contributed by atoms with van der Waals surface area (Å²) < 4.78 is 6.37. The van der Waals surface area contributed by atoms with Crippen molar-refractivity contribution in [1.82, 2.24) is 0 Å². The molecule has 0 spiro atoms. The van der Waals surface area contributed by atoms with Crippen molar-refractivity contribution in [3.05, 3.63) is 0 Å². The van der Waals surface area contributed by atoms with Crippen LogP contribution in [0.1, 0.15) is 53.4 Å². The zero-order valence-corrected chi connectivity index (χ0v) is 16.6. The molecule has 0 aromatic carbocycles. The number of hydrogen-bond acceptors (Lipinski definition) is 2. The van der Waals surface area contributed by atoms with E-state index in [-0.39, 0.29) is 20.1 Å². The first kappa shape index (κ1) is 17.5. The highest BCUT2D eigenvalue weighted by molar-refractivity contribution is 9.10. The van der Waals surface area contributed by atoms with Crippen molar-refractivity contribution in [2.24, 2.45) is 5.92 Å². The number of rotatable bonds is 1. The minimum atomic E-state index is -0.510. The third kappa shape index (κ3) is 3.10. The van der Waals surface area contributed by atoms with E-state index in [0.717, 1.165) is 25.7 Å². The van der Waals surface area contributed by atoms with Crippen LogP contribution in [0.25, 0.3) is 0 Å². The predicted molar refractivity (Wildman–Crippen MR) is 91.2 cm³/mol. The molecule has 2 rings (SSSR count). The van der Waals surface area contributed by atoms with Crippen LogP contribution in [0, 0.1) is 5.92 Å². The average molecular weight is 433 g/mol. The van der Waals surface area contributed by atoms with Gasteiger partial charge in [0.1, 0.15) is 0 Å². The number of aliphatic hydroxyl groups is 1. The molecule has 1 N–H and O–H groups in total. The topological polar surface area (TPSA) is 29.5 Å². The van der Waals surface area contributed by atoms with E-state index in [1.54, 1.807) is 0 Å². The second-order valence-electron chi connectivity index (χ2n) is 7.33. The van der Waals surface area contributed by atoms with E-state index in [4.69, 9.17) is 16.3 Å². The third-order valence-electron chi connectivity index (χ3n) is 5.27. The fraction of sp³-hybridized carbons (Fsp3) is 1.00. The molecule has 1 aliphatic heterocycles. The lowest BCUT2D eigenvalue weighted by molar-refractivity contribution is -0.238. The molecule has 0 radical (unpaired) electrons. The summed E-state index contributed by atoms with van der Waals surface area (Å²) in [5, 5.41) is 10.7. The van der Waals surface area contributed by atoms with Gasteiger partial charge in [0.2, 0.25) is 0 Å². The second kappa shape index (κ2) is 5.67. The molecule has 5 heteroatoms. The highest BCUT2D eigenvalue weighted by Crippen LogP contribution is 2.50. The first-order valence-corrected chi connectivity index (χ1v) is 9.49. The van der Waals surface area contributed by atoms with E-state index >= 15 is 0 Å². The van der Waals surface area contributed by atoms with E-state index in [1.807, 2.05) is 0 Å². The summed E-state index contributed by atoms with van der Waals surface area (Å²) in [6, 6.07) is 0.